The van der Waals surface area contributed by atoms with E-state index in [2.05, 4.69) is 39.9 Å². The van der Waals surface area contributed by atoms with E-state index in [1.807, 2.05) is 0 Å². The third-order valence-corrected chi connectivity index (χ3v) is 10.7. The highest BCUT2D eigenvalue weighted by molar-refractivity contribution is 6.74. The average molecular weight is 325 g/mol. The fourth-order valence-corrected chi connectivity index (χ4v) is 4.62. The lowest BCUT2D eigenvalue weighted by atomic mass is 9.79. The number of ether oxygens (including phenoxy) is 1. The van der Waals surface area contributed by atoms with Crippen LogP contribution in [0.3, 0.4) is 0 Å². The van der Waals surface area contributed by atoms with E-state index in [9.17, 15) is 4.79 Å². The maximum Gasteiger partial charge on any atom is 0.333 e. The molecule has 22 heavy (non-hydrogen) atoms. The number of allylic oxidation sites excluding steroid dienone is 1. The molecule has 1 fully saturated rings. The van der Waals surface area contributed by atoms with Crippen molar-refractivity contribution in [2.24, 2.45) is 17.8 Å². The molecule has 0 amide bonds. The van der Waals surface area contributed by atoms with Crippen molar-refractivity contribution < 1.29 is 14.0 Å². The summed E-state index contributed by atoms with van der Waals surface area (Å²) in [6, 6.07) is 0. The lowest BCUT2D eigenvalue weighted by molar-refractivity contribution is -0.136. The predicted molar refractivity (Wildman–Crippen MR) is 92.2 cm³/mol. The van der Waals surface area contributed by atoms with E-state index in [1.165, 1.54) is 20.0 Å². The molecule has 0 aromatic carbocycles. The van der Waals surface area contributed by atoms with Crippen molar-refractivity contribution in [1.82, 2.24) is 0 Å². The van der Waals surface area contributed by atoms with Gasteiger partial charge < -0.3 is 9.16 Å². The summed E-state index contributed by atoms with van der Waals surface area (Å²) < 4.78 is 11.3. The van der Waals surface area contributed by atoms with E-state index in [0.29, 0.717) is 17.8 Å². The standard InChI is InChI=1S/C18H32O3Si/c1-18(2,3)22(5,6)21-12-15-8-7-13-11-14(17(19)20-4)9-10-16(13)15/h9,13,15-16H,7-8,10-12H2,1-6H3/t13?,15-,16+/m1/s1. The highest BCUT2D eigenvalue weighted by Gasteiger charge is 2.42. The van der Waals surface area contributed by atoms with Crippen molar-refractivity contribution >= 4 is 14.3 Å². The lowest BCUT2D eigenvalue weighted by Crippen LogP contribution is -2.42. The van der Waals surface area contributed by atoms with Gasteiger partial charge >= 0.3 is 5.97 Å². The summed E-state index contributed by atoms with van der Waals surface area (Å²) in [5.41, 5.74) is 0.884. The van der Waals surface area contributed by atoms with Crippen LogP contribution in [0.15, 0.2) is 11.6 Å². The van der Waals surface area contributed by atoms with Crippen LogP contribution < -0.4 is 0 Å². The monoisotopic (exact) mass is 324 g/mol. The van der Waals surface area contributed by atoms with Crippen molar-refractivity contribution in [3.8, 4) is 0 Å². The number of methoxy groups -OCH3 is 1. The molecule has 2 rings (SSSR count). The molecule has 1 unspecified atom stereocenters. The quantitative estimate of drug-likeness (QED) is 0.562. The fourth-order valence-electron chi connectivity index (χ4n) is 3.56. The molecule has 0 saturated heterocycles. The Morgan fingerprint density at radius 1 is 1.32 bits per heavy atom. The number of carbonyl (C=O) groups is 1. The van der Waals surface area contributed by atoms with Crippen LogP contribution in [0, 0.1) is 17.8 Å². The summed E-state index contributed by atoms with van der Waals surface area (Å²) in [6.45, 7) is 12.4. The van der Waals surface area contributed by atoms with E-state index >= 15 is 0 Å². The molecule has 4 heteroatoms. The molecule has 3 nitrogen and oxygen atoms in total. The zero-order valence-electron chi connectivity index (χ0n) is 15.1. The minimum atomic E-state index is -1.66. The van der Waals surface area contributed by atoms with Gasteiger partial charge in [0, 0.05) is 12.2 Å². The molecule has 0 N–H and O–H groups in total. The van der Waals surface area contributed by atoms with Crippen molar-refractivity contribution in [1.29, 1.82) is 0 Å². The van der Waals surface area contributed by atoms with E-state index < -0.39 is 8.32 Å². The summed E-state index contributed by atoms with van der Waals surface area (Å²) >= 11 is 0. The van der Waals surface area contributed by atoms with Gasteiger partial charge in [-0.15, -0.1) is 0 Å². The Bertz CT molecular complexity index is 448. The smallest absolute Gasteiger partial charge is 0.333 e. The van der Waals surface area contributed by atoms with Crippen LogP contribution in [0.2, 0.25) is 18.1 Å². The Balaban J connectivity index is 1.94. The third-order valence-electron chi connectivity index (χ3n) is 6.15. The van der Waals surface area contributed by atoms with E-state index in [0.717, 1.165) is 25.0 Å². The van der Waals surface area contributed by atoms with Crippen LogP contribution in [0.25, 0.3) is 0 Å². The molecular weight excluding hydrogens is 292 g/mol. The average Bonchev–Trinajstić information content (AvgIpc) is 2.85. The van der Waals surface area contributed by atoms with Gasteiger partial charge in [0.2, 0.25) is 0 Å². The normalized spacial score (nSPS) is 29.0. The van der Waals surface area contributed by atoms with E-state index in [-0.39, 0.29) is 11.0 Å². The van der Waals surface area contributed by atoms with Crippen molar-refractivity contribution in [2.75, 3.05) is 13.7 Å². The van der Waals surface area contributed by atoms with Gasteiger partial charge in [0.25, 0.3) is 0 Å². The molecule has 3 atom stereocenters. The minimum absolute atomic E-state index is 0.139. The predicted octanol–water partition coefficient (Wildman–Crippen LogP) is 4.54. The summed E-state index contributed by atoms with van der Waals surface area (Å²) in [5, 5.41) is 0.273. The van der Waals surface area contributed by atoms with Gasteiger partial charge in [0.05, 0.1) is 7.11 Å². The second-order valence-corrected chi connectivity index (χ2v) is 13.3. The van der Waals surface area contributed by atoms with Crippen LogP contribution in [-0.4, -0.2) is 28.0 Å². The Labute approximate surface area is 136 Å². The van der Waals surface area contributed by atoms with Crippen molar-refractivity contribution in [2.45, 2.75) is 64.6 Å². The molecule has 0 radical (unpaired) electrons. The molecule has 0 bridgehead atoms. The van der Waals surface area contributed by atoms with E-state index in [4.69, 9.17) is 9.16 Å². The highest BCUT2D eigenvalue weighted by Crippen LogP contribution is 2.46. The Hall–Kier alpha value is -0.613. The second-order valence-electron chi connectivity index (χ2n) is 8.49. The SMILES string of the molecule is COC(=O)C1=CC[C@H]2C(CC[C@@H]2CO[Si](C)(C)C(C)(C)C)C1. The molecule has 1 saturated carbocycles. The molecule has 2 aliphatic carbocycles. The fraction of sp³-hybridized carbons (Fsp3) is 0.833. The zero-order valence-corrected chi connectivity index (χ0v) is 16.1. The van der Waals surface area contributed by atoms with Gasteiger partial charge in [-0.2, -0.15) is 0 Å². The molecule has 0 aromatic heterocycles. The number of fused-ring (bicyclic) bond motifs is 1. The first-order valence-electron chi connectivity index (χ1n) is 8.57. The summed E-state index contributed by atoms with van der Waals surface area (Å²) in [6.07, 6.45) is 6.49. The molecule has 0 spiro atoms. The molecule has 126 valence electrons. The molecule has 0 aromatic rings. The topological polar surface area (TPSA) is 35.5 Å². The van der Waals surface area contributed by atoms with Gasteiger partial charge in [0.1, 0.15) is 0 Å². The second kappa shape index (κ2) is 6.48. The van der Waals surface area contributed by atoms with Gasteiger partial charge in [0.15, 0.2) is 8.32 Å². The zero-order chi connectivity index (χ0) is 16.5. The largest absolute Gasteiger partial charge is 0.466 e. The van der Waals surface area contributed by atoms with Crippen LogP contribution in [0.1, 0.15) is 46.5 Å². The number of rotatable bonds is 4. The lowest BCUT2D eigenvalue weighted by Gasteiger charge is -2.38. The number of hydrogen-bond donors (Lipinski definition) is 0. The van der Waals surface area contributed by atoms with Gasteiger partial charge in [-0.3, -0.25) is 0 Å². The maximum absolute atomic E-state index is 11.7. The number of carbonyl (C=O) groups excluding carboxylic acids is 1. The van der Waals surface area contributed by atoms with Crippen LogP contribution >= 0.6 is 0 Å². The third kappa shape index (κ3) is 3.65. The first kappa shape index (κ1) is 17.7. The maximum atomic E-state index is 11.7. The van der Waals surface area contributed by atoms with Gasteiger partial charge in [-0.05, 0) is 61.6 Å². The first-order valence-corrected chi connectivity index (χ1v) is 11.5. The van der Waals surface area contributed by atoms with Gasteiger partial charge in [-0.25, -0.2) is 4.79 Å². The summed E-state index contributed by atoms with van der Waals surface area (Å²) in [5.74, 6) is 1.86. The molecule has 0 aliphatic heterocycles. The molecule has 0 heterocycles. The number of esters is 1. The first-order chi connectivity index (χ1) is 10.2. The van der Waals surface area contributed by atoms with Crippen molar-refractivity contribution in [3.05, 3.63) is 11.6 Å². The highest BCUT2D eigenvalue weighted by atomic mass is 28.4. The molecular formula is C18H32O3Si. The van der Waals surface area contributed by atoms with Crippen LogP contribution in [0.5, 0.6) is 0 Å². The van der Waals surface area contributed by atoms with Crippen LogP contribution in [0.4, 0.5) is 0 Å². The summed E-state index contributed by atoms with van der Waals surface area (Å²) in [7, 11) is -0.184. The minimum Gasteiger partial charge on any atom is -0.466 e. The van der Waals surface area contributed by atoms with Gasteiger partial charge in [-0.1, -0.05) is 26.8 Å². The van der Waals surface area contributed by atoms with E-state index in [1.54, 1.807) is 0 Å². The molecule has 2 aliphatic rings. The van der Waals surface area contributed by atoms with Crippen LogP contribution in [-0.2, 0) is 14.0 Å². The Morgan fingerprint density at radius 3 is 2.59 bits per heavy atom. The Kier molecular flexibility index (Phi) is 5.22. The van der Waals surface area contributed by atoms with Crippen molar-refractivity contribution in [3.63, 3.8) is 0 Å². The number of hydrogen-bond acceptors (Lipinski definition) is 3. The summed E-state index contributed by atoms with van der Waals surface area (Å²) in [4.78, 5) is 11.7. The Morgan fingerprint density at radius 2 is 2.00 bits per heavy atom.